The Balaban J connectivity index is 0.000000229. The summed E-state index contributed by atoms with van der Waals surface area (Å²) < 4.78 is 0. The number of amides is 1. The van der Waals surface area contributed by atoms with Crippen LogP contribution in [0.25, 0.3) is 27.1 Å². The van der Waals surface area contributed by atoms with Crippen LogP contribution >= 0.6 is 0 Å². The van der Waals surface area contributed by atoms with E-state index >= 15 is 0 Å². The van der Waals surface area contributed by atoms with Gasteiger partial charge in [-0.25, -0.2) is 5.10 Å². The molecule has 0 radical (unpaired) electrons. The Bertz CT molecular complexity index is 1960. The molecule has 5 nitrogen and oxygen atoms in total. The molecule has 1 saturated heterocycles. The van der Waals surface area contributed by atoms with Crippen LogP contribution in [0.2, 0.25) is 0 Å². The molecule has 1 amide bonds. The van der Waals surface area contributed by atoms with Gasteiger partial charge >= 0.3 is 0 Å². The number of carbonyl (C=O) groups excluding carboxylic acids is 1. The molecule has 0 atom stereocenters. The number of hydrogen-bond acceptors (Lipinski definition) is 3. The Morgan fingerprint density at radius 1 is 0.814 bits per heavy atom. The predicted octanol–water partition coefficient (Wildman–Crippen LogP) is 7.72. The van der Waals surface area contributed by atoms with Gasteiger partial charge in [-0.15, -0.1) is 0 Å². The summed E-state index contributed by atoms with van der Waals surface area (Å²) >= 11 is 0. The molecular formula is C38H35N3O2. The molecule has 1 aromatic heterocycles. The lowest BCUT2D eigenvalue weighted by molar-refractivity contribution is -0.117. The van der Waals surface area contributed by atoms with Crippen molar-refractivity contribution in [1.82, 2.24) is 10.2 Å². The maximum atomic E-state index is 12.2. The average molecular weight is 566 g/mol. The van der Waals surface area contributed by atoms with E-state index in [4.69, 9.17) is 0 Å². The summed E-state index contributed by atoms with van der Waals surface area (Å²) in [5.41, 5.74) is 9.81. The summed E-state index contributed by atoms with van der Waals surface area (Å²) in [5, 5.41) is 10.4. The van der Waals surface area contributed by atoms with Crippen LogP contribution in [0, 0.1) is 0 Å². The van der Waals surface area contributed by atoms with Gasteiger partial charge in [0.1, 0.15) is 0 Å². The number of nitrogens with zero attached hydrogens (tertiary/aromatic N) is 2. The molecule has 8 rings (SSSR count). The van der Waals surface area contributed by atoms with Crippen LogP contribution < -0.4 is 10.5 Å². The molecular weight excluding hydrogens is 530 g/mol. The number of fused-ring (bicyclic) bond motifs is 5. The SMILES string of the molecule is O=C1CCCN1c1cccc(CCc2cccc3ccc4c(c23)CCC2=C4C=CCC2)c1.O=c1[nH]ncc2ccccc12. The first-order valence-electron chi connectivity index (χ1n) is 15.4. The van der Waals surface area contributed by atoms with Crippen molar-refractivity contribution in [2.24, 2.45) is 0 Å². The number of allylic oxidation sites excluding steroid dienone is 4. The zero-order valence-corrected chi connectivity index (χ0v) is 24.3. The van der Waals surface area contributed by atoms with Crippen LogP contribution in [0.4, 0.5) is 5.69 Å². The minimum absolute atomic E-state index is 0.136. The van der Waals surface area contributed by atoms with E-state index in [9.17, 15) is 9.59 Å². The Hall–Kier alpha value is -4.77. The number of aromatic nitrogens is 2. The van der Waals surface area contributed by atoms with E-state index in [1.807, 2.05) is 23.1 Å². The van der Waals surface area contributed by atoms with Crippen molar-refractivity contribution in [3.63, 3.8) is 0 Å². The fourth-order valence-corrected chi connectivity index (χ4v) is 6.90. The van der Waals surface area contributed by atoms with Crippen molar-refractivity contribution >= 4 is 38.7 Å². The molecule has 1 N–H and O–H groups in total. The largest absolute Gasteiger partial charge is 0.312 e. The normalized spacial score (nSPS) is 15.8. The van der Waals surface area contributed by atoms with Gasteiger partial charge in [0.15, 0.2) is 0 Å². The predicted molar refractivity (Wildman–Crippen MR) is 175 cm³/mol. The van der Waals surface area contributed by atoms with Crippen LogP contribution in [-0.2, 0) is 24.1 Å². The lowest BCUT2D eigenvalue weighted by Crippen LogP contribution is -2.23. The van der Waals surface area contributed by atoms with Crippen LogP contribution in [0.1, 0.15) is 54.4 Å². The highest BCUT2D eigenvalue weighted by atomic mass is 16.2. The highest BCUT2D eigenvalue weighted by Gasteiger charge is 2.23. The average Bonchev–Trinajstić information content (AvgIpc) is 3.50. The monoisotopic (exact) mass is 565 g/mol. The zero-order chi connectivity index (χ0) is 29.2. The standard InChI is InChI=1S/C30H29NO.C8H6N2O/c32-29-12-5-19-31(29)25-10-3-6-21(20-25)13-14-23-8-4-9-24-16-17-27-26-11-2-1-7-22(26)15-18-28(27)30(23)24;11-8-7-4-2-1-3-6(7)5-9-10-8/h2-4,6,8-11,16-17,20H,1,5,7,12-15,18-19H2;1-5H,(H,10,11). The van der Waals surface area contributed by atoms with Gasteiger partial charge in [0.25, 0.3) is 5.56 Å². The van der Waals surface area contributed by atoms with Crippen LogP contribution in [0.3, 0.4) is 0 Å². The molecule has 43 heavy (non-hydrogen) atoms. The summed E-state index contributed by atoms with van der Waals surface area (Å²) in [6, 6.07) is 27.4. The fourth-order valence-electron chi connectivity index (χ4n) is 6.90. The summed E-state index contributed by atoms with van der Waals surface area (Å²) in [6.07, 6.45) is 14.8. The maximum Gasteiger partial charge on any atom is 0.272 e. The Labute approximate surface area is 251 Å². The van der Waals surface area contributed by atoms with Crippen molar-refractivity contribution in [3.8, 4) is 0 Å². The van der Waals surface area contributed by atoms with Gasteiger partial charge in [0.05, 0.1) is 6.20 Å². The van der Waals surface area contributed by atoms with Gasteiger partial charge in [-0.1, -0.05) is 78.4 Å². The van der Waals surface area contributed by atoms with E-state index in [0.717, 1.165) is 43.3 Å². The maximum absolute atomic E-state index is 12.2. The Morgan fingerprint density at radius 3 is 2.58 bits per heavy atom. The number of rotatable bonds is 4. The molecule has 5 aromatic rings. The first kappa shape index (κ1) is 27.1. The number of nitrogens with one attached hydrogen (secondary N) is 1. The van der Waals surface area contributed by atoms with Crippen LogP contribution in [-0.4, -0.2) is 22.6 Å². The molecule has 2 heterocycles. The third-order valence-corrected chi connectivity index (χ3v) is 9.04. The number of benzene rings is 4. The van der Waals surface area contributed by atoms with Gasteiger partial charge < -0.3 is 4.90 Å². The molecule has 214 valence electrons. The number of anilines is 1. The van der Waals surface area contributed by atoms with Gasteiger partial charge in [-0.2, -0.15) is 5.10 Å². The first-order chi connectivity index (χ1) is 21.2. The topological polar surface area (TPSA) is 66.1 Å². The van der Waals surface area contributed by atoms with Crippen LogP contribution in [0.15, 0.2) is 108 Å². The molecule has 0 unspecified atom stereocenters. The van der Waals surface area contributed by atoms with Crippen LogP contribution in [0.5, 0.6) is 0 Å². The van der Waals surface area contributed by atoms with Crippen molar-refractivity contribution in [2.75, 3.05) is 11.4 Å². The third kappa shape index (κ3) is 5.43. The lowest BCUT2D eigenvalue weighted by Gasteiger charge is -2.26. The fraction of sp³-hybridized carbons (Fsp3) is 0.237. The molecule has 2 aliphatic carbocycles. The minimum atomic E-state index is -0.136. The van der Waals surface area contributed by atoms with Gasteiger partial charge in [0, 0.05) is 29.4 Å². The molecule has 0 bridgehead atoms. The van der Waals surface area contributed by atoms with Crippen molar-refractivity contribution < 1.29 is 4.79 Å². The van der Waals surface area contributed by atoms with E-state index in [2.05, 4.69) is 76.9 Å². The van der Waals surface area contributed by atoms with E-state index < -0.39 is 0 Å². The summed E-state index contributed by atoms with van der Waals surface area (Å²) in [5.74, 6) is 0.258. The number of aromatic amines is 1. The highest BCUT2D eigenvalue weighted by Crippen LogP contribution is 2.41. The summed E-state index contributed by atoms with van der Waals surface area (Å²) in [4.78, 5) is 25.2. The zero-order valence-electron chi connectivity index (χ0n) is 24.3. The number of H-pyrrole nitrogens is 1. The Morgan fingerprint density at radius 2 is 1.70 bits per heavy atom. The Kier molecular flexibility index (Phi) is 7.46. The van der Waals surface area contributed by atoms with E-state index in [1.165, 1.54) is 52.3 Å². The molecule has 0 spiro atoms. The van der Waals surface area contributed by atoms with E-state index in [-0.39, 0.29) is 11.5 Å². The smallest absolute Gasteiger partial charge is 0.272 e. The van der Waals surface area contributed by atoms with Crippen molar-refractivity contribution in [3.05, 3.63) is 135 Å². The second kappa shape index (κ2) is 11.8. The molecule has 5 heteroatoms. The molecule has 0 saturated carbocycles. The van der Waals surface area contributed by atoms with Crippen molar-refractivity contribution in [2.45, 2.75) is 51.4 Å². The number of aryl methyl sites for hydroxylation is 3. The van der Waals surface area contributed by atoms with Gasteiger partial charge in [0.2, 0.25) is 5.91 Å². The number of hydrogen-bond donors (Lipinski definition) is 1. The minimum Gasteiger partial charge on any atom is -0.312 e. The van der Waals surface area contributed by atoms with E-state index in [0.29, 0.717) is 11.8 Å². The summed E-state index contributed by atoms with van der Waals surface area (Å²) in [7, 11) is 0. The lowest BCUT2D eigenvalue weighted by atomic mass is 9.78. The number of carbonyl (C=O) groups is 1. The quantitative estimate of drug-likeness (QED) is 0.243. The van der Waals surface area contributed by atoms with Gasteiger partial charge in [-0.05, 0) is 102 Å². The second-order valence-corrected chi connectivity index (χ2v) is 11.7. The second-order valence-electron chi connectivity index (χ2n) is 11.7. The molecule has 1 fully saturated rings. The summed E-state index contributed by atoms with van der Waals surface area (Å²) in [6.45, 7) is 0.851. The van der Waals surface area contributed by atoms with Gasteiger partial charge in [-0.3, -0.25) is 9.59 Å². The van der Waals surface area contributed by atoms with Crippen molar-refractivity contribution in [1.29, 1.82) is 0 Å². The third-order valence-electron chi connectivity index (χ3n) is 9.04. The van der Waals surface area contributed by atoms with E-state index in [1.54, 1.807) is 23.4 Å². The highest BCUT2D eigenvalue weighted by molar-refractivity contribution is 5.96. The molecule has 1 aliphatic heterocycles. The molecule has 3 aliphatic rings. The first-order valence-corrected chi connectivity index (χ1v) is 15.4. The molecule has 4 aromatic carbocycles.